The molecular formula is C14H13FN6O2. The van der Waals surface area contributed by atoms with Crippen LogP contribution in [0.2, 0.25) is 0 Å². The molecule has 0 unspecified atom stereocenters. The number of ether oxygens (including phenoxy) is 1. The molecule has 0 fully saturated rings. The molecule has 0 bridgehead atoms. The van der Waals surface area contributed by atoms with Crippen molar-refractivity contribution < 1.29 is 9.13 Å². The van der Waals surface area contributed by atoms with Gasteiger partial charge in [-0.15, -0.1) is 4.68 Å². The molecule has 9 heteroatoms. The predicted octanol–water partition coefficient (Wildman–Crippen LogP) is 0.783. The van der Waals surface area contributed by atoms with Gasteiger partial charge in [0.25, 0.3) is 0 Å². The average Bonchev–Trinajstić information content (AvgIpc) is 2.87. The molecule has 0 N–H and O–H groups in total. The Morgan fingerprint density at radius 3 is 2.70 bits per heavy atom. The van der Waals surface area contributed by atoms with Gasteiger partial charge in [0.2, 0.25) is 5.95 Å². The Kier molecular flexibility index (Phi) is 3.83. The van der Waals surface area contributed by atoms with E-state index in [4.69, 9.17) is 4.74 Å². The number of aromatic nitrogens is 6. The largest absolute Gasteiger partial charge is 0.488 e. The third-order valence-electron chi connectivity index (χ3n) is 3.26. The normalized spacial score (nSPS) is 10.7. The molecule has 0 saturated carbocycles. The lowest BCUT2D eigenvalue weighted by molar-refractivity contribution is 0.294. The standard InChI is InChI=1S/C14H13FN6O2/c1-9-5-3-4-6-11(9)23-7-10-12(15)16-8-17-13(10)21-14(22)20(2)18-19-21/h3-6,8H,7H2,1-2H3. The summed E-state index contributed by atoms with van der Waals surface area (Å²) in [6.07, 6.45) is 1.02. The minimum atomic E-state index is -0.777. The van der Waals surface area contributed by atoms with Crippen molar-refractivity contribution >= 4 is 0 Å². The number of benzene rings is 1. The van der Waals surface area contributed by atoms with Crippen LogP contribution in [0.4, 0.5) is 4.39 Å². The zero-order valence-corrected chi connectivity index (χ0v) is 12.5. The van der Waals surface area contributed by atoms with E-state index in [0.717, 1.165) is 21.3 Å². The van der Waals surface area contributed by atoms with Crippen LogP contribution < -0.4 is 10.4 Å². The van der Waals surface area contributed by atoms with E-state index in [1.165, 1.54) is 7.05 Å². The van der Waals surface area contributed by atoms with Gasteiger partial charge < -0.3 is 4.74 Å². The van der Waals surface area contributed by atoms with E-state index in [0.29, 0.717) is 5.75 Å². The number of aryl methyl sites for hydroxylation is 2. The fourth-order valence-corrected chi connectivity index (χ4v) is 2.00. The first-order valence-corrected chi connectivity index (χ1v) is 6.75. The molecule has 0 amide bonds. The molecule has 1 aromatic carbocycles. The van der Waals surface area contributed by atoms with E-state index in [2.05, 4.69) is 20.4 Å². The van der Waals surface area contributed by atoms with Crippen molar-refractivity contribution in [3.05, 3.63) is 58.2 Å². The maximum absolute atomic E-state index is 14.1. The van der Waals surface area contributed by atoms with Crippen molar-refractivity contribution in [2.75, 3.05) is 0 Å². The van der Waals surface area contributed by atoms with Gasteiger partial charge in [0.05, 0.1) is 5.56 Å². The van der Waals surface area contributed by atoms with Crippen LogP contribution in [-0.2, 0) is 13.7 Å². The van der Waals surface area contributed by atoms with Gasteiger partial charge in [-0.05, 0) is 29.0 Å². The van der Waals surface area contributed by atoms with Crippen molar-refractivity contribution in [1.29, 1.82) is 0 Å². The Morgan fingerprint density at radius 1 is 1.22 bits per heavy atom. The number of hydrogen-bond donors (Lipinski definition) is 0. The molecule has 8 nitrogen and oxygen atoms in total. The molecule has 0 saturated heterocycles. The molecule has 2 heterocycles. The number of rotatable bonds is 4. The van der Waals surface area contributed by atoms with Crippen molar-refractivity contribution in [3.63, 3.8) is 0 Å². The minimum absolute atomic E-state index is 0.00387. The second kappa shape index (κ2) is 5.95. The molecule has 3 rings (SSSR count). The summed E-state index contributed by atoms with van der Waals surface area (Å²) in [5.41, 5.74) is 0.390. The molecule has 0 aliphatic heterocycles. The SMILES string of the molecule is Cc1ccccc1OCc1c(F)ncnc1-n1nnn(C)c1=O. The third kappa shape index (κ3) is 2.80. The summed E-state index contributed by atoms with van der Waals surface area (Å²) in [6.45, 7) is 1.73. The van der Waals surface area contributed by atoms with Gasteiger partial charge in [0.1, 0.15) is 18.7 Å². The van der Waals surface area contributed by atoms with Crippen LogP contribution in [-0.4, -0.2) is 29.8 Å². The fourth-order valence-electron chi connectivity index (χ4n) is 2.00. The summed E-state index contributed by atoms with van der Waals surface area (Å²) in [7, 11) is 1.44. The fraction of sp³-hybridized carbons (Fsp3) is 0.214. The molecule has 0 atom stereocenters. The van der Waals surface area contributed by atoms with E-state index >= 15 is 0 Å². The van der Waals surface area contributed by atoms with Crippen molar-refractivity contribution in [2.24, 2.45) is 7.05 Å². The predicted molar refractivity (Wildman–Crippen MR) is 77.7 cm³/mol. The molecular weight excluding hydrogens is 303 g/mol. The smallest absolute Gasteiger partial charge is 0.369 e. The second-order valence-electron chi connectivity index (χ2n) is 4.82. The van der Waals surface area contributed by atoms with Crippen LogP contribution >= 0.6 is 0 Å². The molecule has 0 aliphatic rings. The zero-order valence-electron chi connectivity index (χ0n) is 12.5. The van der Waals surface area contributed by atoms with Crippen LogP contribution in [0.15, 0.2) is 35.4 Å². The Morgan fingerprint density at radius 2 is 2.00 bits per heavy atom. The highest BCUT2D eigenvalue weighted by Crippen LogP contribution is 2.20. The highest BCUT2D eigenvalue weighted by atomic mass is 19.1. The maximum Gasteiger partial charge on any atom is 0.369 e. The molecule has 23 heavy (non-hydrogen) atoms. The molecule has 0 radical (unpaired) electrons. The van der Waals surface area contributed by atoms with Crippen LogP contribution in [0.3, 0.4) is 0 Å². The lowest BCUT2D eigenvalue weighted by Gasteiger charge is -2.11. The third-order valence-corrected chi connectivity index (χ3v) is 3.26. The van der Waals surface area contributed by atoms with Gasteiger partial charge in [-0.1, -0.05) is 18.2 Å². The van der Waals surface area contributed by atoms with Gasteiger partial charge in [-0.3, -0.25) is 0 Å². The average molecular weight is 316 g/mol. The lowest BCUT2D eigenvalue weighted by atomic mass is 10.2. The molecule has 118 valence electrons. The van der Waals surface area contributed by atoms with Gasteiger partial charge in [0.15, 0.2) is 5.82 Å². The van der Waals surface area contributed by atoms with Gasteiger partial charge >= 0.3 is 5.69 Å². The van der Waals surface area contributed by atoms with Crippen LogP contribution in [0.5, 0.6) is 5.75 Å². The molecule has 3 aromatic rings. The zero-order chi connectivity index (χ0) is 16.4. The second-order valence-corrected chi connectivity index (χ2v) is 4.82. The van der Waals surface area contributed by atoms with Gasteiger partial charge in [0, 0.05) is 7.05 Å². The Labute approximate surface area is 130 Å². The number of halogens is 1. The highest BCUT2D eigenvalue weighted by Gasteiger charge is 2.18. The molecule has 0 aliphatic carbocycles. The molecule has 2 aromatic heterocycles. The summed E-state index contributed by atoms with van der Waals surface area (Å²) in [5, 5.41) is 7.25. The summed E-state index contributed by atoms with van der Waals surface area (Å²) < 4.78 is 21.6. The first kappa shape index (κ1) is 14.8. The van der Waals surface area contributed by atoms with Crippen LogP contribution in [0.1, 0.15) is 11.1 Å². The van der Waals surface area contributed by atoms with Gasteiger partial charge in [-0.2, -0.15) is 9.07 Å². The van der Waals surface area contributed by atoms with Crippen molar-refractivity contribution in [2.45, 2.75) is 13.5 Å². The highest BCUT2D eigenvalue weighted by molar-refractivity contribution is 5.34. The summed E-state index contributed by atoms with van der Waals surface area (Å²) in [6, 6.07) is 7.33. The van der Waals surface area contributed by atoms with E-state index in [-0.39, 0.29) is 18.0 Å². The summed E-state index contributed by atoms with van der Waals surface area (Å²) >= 11 is 0. The number of para-hydroxylation sites is 1. The van der Waals surface area contributed by atoms with E-state index < -0.39 is 11.6 Å². The van der Waals surface area contributed by atoms with Crippen LogP contribution in [0.25, 0.3) is 5.82 Å². The number of nitrogens with zero attached hydrogens (tertiary/aromatic N) is 6. The molecule has 0 spiro atoms. The summed E-state index contributed by atoms with van der Waals surface area (Å²) in [5.74, 6) is -0.168. The number of hydrogen-bond acceptors (Lipinski definition) is 6. The first-order chi connectivity index (χ1) is 11.1. The number of tetrazole rings is 1. The Bertz CT molecular complexity index is 904. The quantitative estimate of drug-likeness (QED) is 0.661. The lowest BCUT2D eigenvalue weighted by Crippen LogP contribution is -2.24. The first-order valence-electron chi connectivity index (χ1n) is 6.75. The van der Waals surface area contributed by atoms with Crippen molar-refractivity contribution in [3.8, 4) is 11.6 Å². The van der Waals surface area contributed by atoms with Gasteiger partial charge in [-0.25, -0.2) is 14.8 Å². The monoisotopic (exact) mass is 316 g/mol. The van der Waals surface area contributed by atoms with E-state index in [1.807, 2.05) is 25.1 Å². The topological polar surface area (TPSA) is 87.7 Å². The Balaban J connectivity index is 1.98. The van der Waals surface area contributed by atoms with E-state index in [1.54, 1.807) is 6.07 Å². The minimum Gasteiger partial charge on any atom is -0.488 e. The van der Waals surface area contributed by atoms with E-state index in [9.17, 15) is 9.18 Å². The van der Waals surface area contributed by atoms with Crippen LogP contribution in [0, 0.1) is 12.9 Å². The maximum atomic E-state index is 14.1. The van der Waals surface area contributed by atoms with Crippen molar-refractivity contribution in [1.82, 2.24) is 29.8 Å². The summed E-state index contributed by atoms with van der Waals surface area (Å²) in [4.78, 5) is 19.4. The Hall–Kier alpha value is -3.10.